The molecule has 0 aromatic carbocycles. The maximum atomic E-state index is 10.9. The van der Waals surface area contributed by atoms with Crippen molar-refractivity contribution in [3.05, 3.63) is 24.3 Å². The molecule has 3 N–H and O–H groups in total. The van der Waals surface area contributed by atoms with Crippen LogP contribution in [0, 0.1) is 23.7 Å². The van der Waals surface area contributed by atoms with Crippen LogP contribution in [0.5, 0.6) is 0 Å². The van der Waals surface area contributed by atoms with Gasteiger partial charge in [-0.2, -0.15) is 0 Å². The zero-order chi connectivity index (χ0) is 24.3. The Hall–Kier alpha value is -1.21. The van der Waals surface area contributed by atoms with Crippen molar-refractivity contribution in [1.82, 2.24) is 0 Å². The predicted molar refractivity (Wildman–Crippen MR) is 132 cm³/mol. The first-order chi connectivity index (χ1) is 16.5. The van der Waals surface area contributed by atoms with Gasteiger partial charge in [0.15, 0.2) is 6.29 Å². The van der Waals surface area contributed by atoms with E-state index in [1.165, 1.54) is 19.3 Å². The van der Waals surface area contributed by atoms with Crippen LogP contribution in [0.1, 0.15) is 90.4 Å². The Labute approximate surface area is 205 Å². The third kappa shape index (κ3) is 8.47. The van der Waals surface area contributed by atoms with Gasteiger partial charge in [-0.1, -0.05) is 50.5 Å². The number of hydrogen-bond donors (Lipinski definition) is 3. The molecule has 0 spiro atoms. The quantitative estimate of drug-likeness (QED) is 0.263. The number of aliphatic hydroxyl groups is 2. The predicted octanol–water partition coefficient (Wildman–Crippen LogP) is 5.23. The summed E-state index contributed by atoms with van der Waals surface area (Å²) in [7, 11) is 0. The smallest absolute Gasteiger partial charge is 0.303 e. The molecule has 3 fully saturated rings. The van der Waals surface area contributed by atoms with Gasteiger partial charge in [0.1, 0.15) is 0 Å². The number of aliphatic hydroxyl groups excluding tert-OH is 2. The fraction of sp³-hybridized carbons (Fsp3) is 0.821. The Balaban J connectivity index is 1.63. The molecular formula is C28H46O6. The fourth-order valence-corrected chi connectivity index (χ4v) is 6.00. The Morgan fingerprint density at radius 3 is 2.74 bits per heavy atom. The summed E-state index contributed by atoms with van der Waals surface area (Å²) in [5.41, 5.74) is 0. The summed E-state index contributed by atoms with van der Waals surface area (Å²) >= 11 is 0. The van der Waals surface area contributed by atoms with E-state index in [-0.39, 0.29) is 30.7 Å². The Kier molecular flexibility index (Phi) is 11.6. The first-order valence-corrected chi connectivity index (χ1v) is 13.7. The number of hydrogen-bond acceptors (Lipinski definition) is 5. The van der Waals surface area contributed by atoms with Gasteiger partial charge in [0.2, 0.25) is 0 Å². The minimum Gasteiger partial charge on any atom is -0.481 e. The zero-order valence-corrected chi connectivity index (χ0v) is 20.9. The Morgan fingerprint density at radius 2 is 2.00 bits per heavy atom. The van der Waals surface area contributed by atoms with Crippen LogP contribution >= 0.6 is 0 Å². The van der Waals surface area contributed by atoms with Crippen molar-refractivity contribution in [3.8, 4) is 0 Å². The monoisotopic (exact) mass is 478 g/mol. The molecule has 6 heteroatoms. The van der Waals surface area contributed by atoms with Crippen molar-refractivity contribution in [2.24, 2.45) is 23.7 Å². The first kappa shape index (κ1) is 27.4. The van der Waals surface area contributed by atoms with E-state index in [2.05, 4.69) is 19.1 Å². The average molecular weight is 479 g/mol. The van der Waals surface area contributed by atoms with Crippen molar-refractivity contribution in [2.75, 3.05) is 6.61 Å². The summed E-state index contributed by atoms with van der Waals surface area (Å²) in [6.07, 6.45) is 18.6. The summed E-state index contributed by atoms with van der Waals surface area (Å²) in [5, 5.41) is 30.6. The third-order valence-electron chi connectivity index (χ3n) is 8.11. The van der Waals surface area contributed by atoms with Crippen molar-refractivity contribution in [2.45, 2.75) is 115 Å². The number of aliphatic carboxylic acids is 1. The lowest BCUT2D eigenvalue weighted by Crippen LogP contribution is -2.31. The van der Waals surface area contributed by atoms with E-state index in [1.54, 1.807) is 0 Å². The van der Waals surface area contributed by atoms with Gasteiger partial charge in [-0.25, -0.2) is 0 Å². The van der Waals surface area contributed by atoms with Gasteiger partial charge in [0, 0.05) is 25.4 Å². The average Bonchev–Trinajstić information content (AvgIpc) is 3.13. The Morgan fingerprint density at radius 1 is 1.15 bits per heavy atom. The standard InChI is InChI=1S/C28H46O6/c1-2-20-10-9-11-21(18-20)24(29)16-15-23-22(12-5-3-4-6-13-27(31)32)25(30)19-26(23)34-28-14-7-8-17-33-28/h3,5,15-16,20-26,28-30H,2,4,6-14,17-19H2,1H3,(H,31,32)/b5-3-,16-15+/t20?,21?,22-,23-,24-,25+,26-,28?/m1/s1. The molecule has 3 unspecified atom stereocenters. The molecule has 0 amide bonds. The highest BCUT2D eigenvalue weighted by atomic mass is 16.7. The van der Waals surface area contributed by atoms with E-state index >= 15 is 0 Å². The van der Waals surface area contributed by atoms with E-state index in [0.29, 0.717) is 31.1 Å². The molecule has 3 rings (SSSR count). The molecule has 0 bridgehead atoms. The summed E-state index contributed by atoms with van der Waals surface area (Å²) in [6.45, 7) is 2.96. The lowest BCUT2D eigenvalue weighted by atomic mass is 9.77. The van der Waals surface area contributed by atoms with Crippen molar-refractivity contribution in [1.29, 1.82) is 0 Å². The minimum atomic E-state index is -0.767. The molecule has 1 aliphatic heterocycles. The molecule has 1 heterocycles. The lowest BCUT2D eigenvalue weighted by Gasteiger charge is -2.31. The molecule has 3 aliphatic rings. The summed E-state index contributed by atoms with van der Waals surface area (Å²) in [6, 6.07) is 0. The van der Waals surface area contributed by atoms with E-state index in [0.717, 1.165) is 45.1 Å². The van der Waals surface area contributed by atoms with Gasteiger partial charge in [0.05, 0.1) is 18.3 Å². The van der Waals surface area contributed by atoms with Gasteiger partial charge in [-0.05, 0) is 69.1 Å². The second-order valence-electron chi connectivity index (χ2n) is 10.6. The zero-order valence-electron chi connectivity index (χ0n) is 20.9. The van der Waals surface area contributed by atoms with E-state index in [4.69, 9.17) is 14.6 Å². The lowest BCUT2D eigenvalue weighted by molar-refractivity contribution is -0.193. The summed E-state index contributed by atoms with van der Waals surface area (Å²) in [5.74, 6) is 0.298. The maximum absolute atomic E-state index is 10.9. The SMILES string of the molecule is CCC1CCCC([C@H](O)/C=C/[C@@H]2[C@@H](C/C=C\CCCC(=O)O)[C@@H](O)C[C@H]2OC2CCCCO2)C1. The van der Waals surface area contributed by atoms with E-state index in [9.17, 15) is 15.0 Å². The molecule has 0 aromatic heterocycles. The molecule has 0 aromatic rings. The number of carbonyl (C=O) groups is 1. The van der Waals surface area contributed by atoms with Crippen LogP contribution < -0.4 is 0 Å². The molecule has 8 atom stereocenters. The highest BCUT2D eigenvalue weighted by Gasteiger charge is 2.42. The fourth-order valence-electron chi connectivity index (χ4n) is 6.00. The maximum Gasteiger partial charge on any atom is 0.303 e. The van der Waals surface area contributed by atoms with Crippen LogP contribution in [-0.4, -0.2) is 52.5 Å². The van der Waals surface area contributed by atoms with Gasteiger partial charge in [-0.3, -0.25) is 4.79 Å². The van der Waals surface area contributed by atoms with Crippen LogP contribution in [0.15, 0.2) is 24.3 Å². The number of allylic oxidation sites excluding steroid dienone is 2. The second kappa shape index (κ2) is 14.4. The topological polar surface area (TPSA) is 96.2 Å². The summed E-state index contributed by atoms with van der Waals surface area (Å²) < 4.78 is 12.2. The molecule has 2 aliphatic carbocycles. The number of rotatable bonds is 12. The van der Waals surface area contributed by atoms with Crippen molar-refractivity contribution < 1.29 is 29.6 Å². The van der Waals surface area contributed by atoms with E-state index < -0.39 is 18.2 Å². The molecule has 34 heavy (non-hydrogen) atoms. The van der Waals surface area contributed by atoms with Crippen molar-refractivity contribution in [3.63, 3.8) is 0 Å². The molecule has 1 saturated heterocycles. The molecule has 2 saturated carbocycles. The normalized spacial score (nSPS) is 35.8. The largest absolute Gasteiger partial charge is 0.481 e. The van der Waals surface area contributed by atoms with Crippen LogP contribution in [0.3, 0.4) is 0 Å². The van der Waals surface area contributed by atoms with Crippen LogP contribution in [-0.2, 0) is 14.3 Å². The highest BCUT2D eigenvalue weighted by molar-refractivity contribution is 5.66. The minimum absolute atomic E-state index is 0.0162. The molecule has 6 nitrogen and oxygen atoms in total. The van der Waals surface area contributed by atoms with Gasteiger partial charge in [0.25, 0.3) is 0 Å². The molecular weight excluding hydrogens is 432 g/mol. The molecule has 0 radical (unpaired) electrons. The summed E-state index contributed by atoms with van der Waals surface area (Å²) in [4.78, 5) is 10.7. The van der Waals surface area contributed by atoms with Gasteiger partial charge < -0.3 is 24.8 Å². The number of ether oxygens (including phenoxy) is 2. The highest BCUT2D eigenvalue weighted by Crippen LogP contribution is 2.40. The van der Waals surface area contributed by atoms with Crippen LogP contribution in [0.25, 0.3) is 0 Å². The molecule has 194 valence electrons. The van der Waals surface area contributed by atoms with Crippen LogP contribution in [0.2, 0.25) is 0 Å². The first-order valence-electron chi connectivity index (χ1n) is 13.7. The van der Waals surface area contributed by atoms with Crippen molar-refractivity contribution >= 4 is 5.97 Å². The number of unbranched alkanes of at least 4 members (excludes halogenated alkanes) is 1. The second-order valence-corrected chi connectivity index (χ2v) is 10.6. The number of carboxylic acid groups (broad SMARTS) is 1. The van der Waals surface area contributed by atoms with E-state index in [1.807, 2.05) is 12.2 Å². The number of carboxylic acids is 1. The van der Waals surface area contributed by atoms with Gasteiger partial charge in [-0.15, -0.1) is 0 Å². The van der Waals surface area contributed by atoms with Crippen LogP contribution in [0.4, 0.5) is 0 Å². The van der Waals surface area contributed by atoms with Gasteiger partial charge >= 0.3 is 5.97 Å². The Bertz CT molecular complexity index is 655. The third-order valence-corrected chi connectivity index (χ3v) is 8.11.